The van der Waals surface area contributed by atoms with Gasteiger partial charge in [-0.05, 0) is 13.0 Å². The monoisotopic (exact) mass is 257 g/mol. The molecular formula is C12H15N7. The molecule has 7 nitrogen and oxygen atoms in total. The Bertz CT molecular complexity index is 697. The summed E-state index contributed by atoms with van der Waals surface area (Å²) in [6, 6.07) is 1.95. The van der Waals surface area contributed by atoms with Crippen LogP contribution in [0.2, 0.25) is 0 Å². The first-order valence-corrected chi connectivity index (χ1v) is 6.16. The fourth-order valence-corrected chi connectivity index (χ4v) is 2.03. The van der Waals surface area contributed by atoms with Gasteiger partial charge in [0, 0.05) is 19.8 Å². The Morgan fingerprint density at radius 1 is 1.26 bits per heavy atom. The van der Waals surface area contributed by atoms with Crippen LogP contribution in [0.4, 0.5) is 5.82 Å². The van der Waals surface area contributed by atoms with E-state index in [-0.39, 0.29) is 0 Å². The van der Waals surface area contributed by atoms with Crippen LogP contribution in [0.3, 0.4) is 0 Å². The van der Waals surface area contributed by atoms with Gasteiger partial charge in [-0.1, -0.05) is 0 Å². The van der Waals surface area contributed by atoms with E-state index in [0.717, 1.165) is 29.2 Å². The normalized spacial score (nSPS) is 11.1. The van der Waals surface area contributed by atoms with Gasteiger partial charge in [0.15, 0.2) is 11.6 Å². The lowest BCUT2D eigenvalue weighted by atomic mass is 10.3. The molecule has 0 aliphatic carbocycles. The van der Waals surface area contributed by atoms with Crippen molar-refractivity contribution in [2.24, 2.45) is 7.05 Å². The predicted molar refractivity (Wildman–Crippen MR) is 71.5 cm³/mol. The van der Waals surface area contributed by atoms with E-state index in [1.54, 1.807) is 18.9 Å². The number of aryl methyl sites for hydroxylation is 2. The molecule has 7 heteroatoms. The van der Waals surface area contributed by atoms with Crippen LogP contribution in [0, 0.1) is 0 Å². The maximum Gasteiger partial charge on any atom is 0.154 e. The number of hydrogen-bond donors (Lipinski definition) is 1. The second kappa shape index (κ2) is 4.68. The van der Waals surface area contributed by atoms with Crippen molar-refractivity contribution in [1.82, 2.24) is 29.3 Å². The Kier molecular flexibility index (Phi) is 2.86. The highest BCUT2D eigenvalue weighted by molar-refractivity contribution is 5.85. The van der Waals surface area contributed by atoms with Gasteiger partial charge in [-0.25, -0.2) is 9.97 Å². The van der Waals surface area contributed by atoms with E-state index in [1.807, 2.05) is 22.2 Å². The summed E-state index contributed by atoms with van der Waals surface area (Å²) in [6.45, 7) is 3.49. The van der Waals surface area contributed by atoms with Crippen LogP contribution in [-0.4, -0.2) is 29.3 Å². The molecule has 0 saturated heterocycles. The lowest BCUT2D eigenvalue weighted by Gasteiger charge is -2.06. The van der Waals surface area contributed by atoms with E-state index in [9.17, 15) is 0 Å². The van der Waals surface area contributed by atoms with Gasteiger partial charge in [0.05, 0.1) is 18.4 Å². The Hall–Kier alpha value is -2.44. The lowest BCUT2D eigenvalue weighted by molar-refractivity contribution is 0.707. The van der Waals surface area contributed by atoms with E-state index in [1.165, 1.54) is 0 Å². The molecule has 0 radical (unpaired) electrons. The number of imidazole rings is 1. The van der Waals surface area contributed by atoms with Gasteiger partial charge in [0.25, 0.3) is 0 Å². The van der Waals surface area contributed by atoms with Crippen LogP contribution >= 0.6 is 0 Å². The molecule has 0 saturated carbocycles. The molecule has 0 bridgehead atoms. The van der Waals surface area contributed by atoms with Gasteiger partial charge in [0.1, 0.15) is 11.8 Å². The van der Waals surface area contributed by atoms with Gasteiger partial charge in [-0.2, -0.15) is 0 Å². The maximum absolute atomic E-state index is 4.36. The molecule has 0 aromatic carbocycles. The number of rotatable bonds is 4. The molecular weight excluding hydrogens is 242 g/mol. The zero-order valence-corrected chi connectivity index (χ0v) is 10.9. The summed E-state index contributed by atoms with van der Waals surface area (Å²) in [7, 11) is 1.97. The Morgan fingerprint density at radius 3 is 3.00 bits per heavy atom. The molecule has 0 fully saturated rings. The van der Waals surface area contributed by atoms with Gasteiger partial charge in [0.2, 0.25) is 0 Å². The molecule has 0 unspecified atom stereocenters. The number of fused-ring (bicyclic) bond motifs is 1. The van der Waals surface area contributed by atoms with Crippen molar-refractivity contribution >= 4 is 16.9 Å². The first-order valence-electron chi connectivity index (χ1n) is 6.16. The number of hydrogen-bond acceptors (Lipinski definition) is 5. The van der Waals surface area contributed by atoms with Crippen LogP contribution < -0.4 is 5.32 Å². The van der Waals surface area contributed by atoms with Crippen LogP contribution in [0.25, 0.3) is 11.0 Å². The average Bonchev–Trinajstić information content (AvgIpc) is 3.03. The van der Waals surface area contributed by atoms with E-state index in [2.05, 4.69) is 32.4 Å². The number of aromatic nitrogens is 6. The van der Waals surface area contributed by atoms with Crippen LogP contribution in [0.1, 0.15) is 12.7 Å². The van der Waals surface area contributed by atoms with Crippen LogP contribution in [-0.2, 0) is 20.1 Å². The second-order valence-corrected chi connectivity index (χ2v) is 4.27. The second-order valence-electron chi connectivity index (χ2n) is 4.27. The van der Waals surface area contributed by atoms with Crippen molar-refractivity contribution in [3.8, 4) is 0 Å². The number of pyridine rings is 1. The molecule has 19 heavy (non-hydrogen) atoms. The summed E-state index contributed by atoms with van der Waals surface area (Å²) in [6.07, 6.45) is 5.29. The zero-order valence-electron chi connectivity index (χ0n) is 10.9. The standard InChI is InChI=1S/C12H15N7/c1-3-19-8-16-17-10(19)6-14-12-11-9(4-5-13-12)18(2)7-15-11/h4-5,7-8H,3,6H2,1-2H3,(H,13,14). The summed E-state index contributed by atoms with van der Waals surface area (Å²) < 4.78 is 3.96. The van der Waals surface area contributed by atoms with Gasteiger partial charge < -0.3 is 14.5 Å². The molecule has 3 rings (SSSR count). The Labute approximate surface area is 110 Å². The maximum atomic E-state index is 4.36. The van der Waals surface area contributed by atoms with Gasteiger partial charge in [-0.15, -0.1) is 10.2 Å². The highest BCUT2D eigenvalue weighted by Crippen LogP contribution is 2.18. The quantitative estimate of drug-likeness (QED) is 0.760. The lowest BCUT2D eigenvalue weighted by Crippen LogP contribution is -2.08. The van der Waals surface area contributed by atoms with Gasteiger partial charge >= 0.3 is 0 Å². The zero-order chi connectivity index (χ0) is 13.2. The molecule has 0 aliphatic rings. The summed E-state index contributed by atoms with van der Waals surface area (Å²) >= 11 is 0. The summed E-state index contributed by atoms with van der Waals surface area (Å²) in [4.78, 5) is 8.69. The van der Waals surface area contributed by atoms with E-state index in [0.29, 0.717) is 6.54 Å². The fourth-order valence-electron chi connectivity index (χ4n) is 2.03. The molecule has 3 aromatic rings. The minimum Gasteiger partial charge on any atom is -0.361 e. The third-order valence-electron chi connectivity index (χ3n) is 3.09. The third kappa shape index (κ3) is 2.03. The van der Waals surface area contributed by atoms with Crippen LogP contribution in [0.15, 0.2) is 24.9 Å². The van der Waals surface area contributed by atoms with Crippen molar-refractivity contribution in [2.75, 3.05) is 5.32 Å². The average molecular weight is 257 g/mol. The molecule has 0 aliphatic heterocycles. The minimum absolute atomic E-state index is 0.580. The Morgan fingerprint density at radius 2 is 2.16 bits per heavy atom. The van der Waals surface area contributed by atoms with Crippen molar-refractivity contribution in [1.29, 1.82) is 0 Å². The smallest absolute Gasteiger partial charge is 0.154 e. The number of nitrogens with zero attached hydrogens (tertiary/aromatic N) is 6. The molecule has 0 atom stereocenters. The van der Waals surface area contributed by atoms with E-state index in [4.69, 9.17) is 0 Å². The SMILES string of the molecule is CCn1cnnc1CNc1nccc2c1ncn2C. The first-order chi connectivity index (χ1) is 9.29. The summed E-state index contributed by atoms with van der Waals surface area (Å²) in [5, 5.41) is 11.3. The van der Waals surface area contributed by atoms with Crippen molar-refractivity contribution in [2.45, 2.75) is 20.0 Å². The van der Waals surface area contributed by atoms with Crippen molar-refractivity contribution < 1.29 is 0 Å². The van der Waals surface area contributed by atoms with E-state index >= 15 is 0 Å². The largest absolute Gasteiger partial charge is 0.361 e. The molecule has 98 valence electrons. The third-order valence-corrected chi connectivity index (χ3v) is 3.09. The Balaban J connectivity index is 1.86. The van der Waals surface area contributed by atoms with Crippen molar-refractivity contribution in [3.05, 3.63) is 30.7 Å². The summed E-state index contributed by atoms with van der Waals surface area (Å²) in [5.74, 6) is 1.65. The minimum atomic E-state index is 0.580. The van der Waals surface area contributed by atoms with Crippen molar-refractivity contribution in [3.63, 3.8) is 0 Å². The molecule has 0 spiro atoms. The topological polar surface area (TPSA) is 73.5 Å². The molecule has 1 N–H and O–H groups in total. The molecule has 3 heterocycles. The first kappa shape index (κ1) is 11.6. The highest BCUT2D eigenvalue weighted by atomic mass is 15.3. The van der Waals surface area contributed by atoms with E-state index < -0.39 is 0 Å². The fraction of sp³-hybridized carbons (Fsp3) is 0.333. The molecule has 0 amide bonds. The summed E-state index contributed by atoms with van der Waals surface area (Å²) in [5.41, 5.74) is 1.92. The highest BCUT2D eigenvalue weighted by Gasteiger charge is 2.08. The van der Waals surface area contributed by atoms with Gasteiger partial charge in [-0.3, -0.25) is 0 Å². The number of anilines is 1. The molecule has 3 aromatic heterocycles. The predicted octanol–water partition coefficient (Wildman–Crippen LogP) is 1.19. The van der Waals surface area contributed by atoms with Crippen LogP contribution in [0.5, 0.6) is 0 Å². The number of nitrogens with one attached hydrogen (secondary N) is 1.